The topological polar surface area (TPSA) is 49.2 Å². The lowest BCUT2D eigenvalue weighted by atomic mass is 10.1. The molecule has 0 spiro atoms. The molecule has 3 aromatic rings. The Bertz CT molecular complexity index is 927. The second kappa shape index (κ2) is 8.14. The van der Waals surface area contributed by atoms with Crippen LogP contribution in [0.25, 0.3) is 0 Å². The minimum atomic E-state index is -2.84. The smallest absolute Gasteiger partial charge is 0.387 e. The number of nitriles is 1. The number of benzene rings is 2. The van der Waals surface area contributed by atoms with Crippen molar-refractivity contribution in [3.05, 3.63) is 70.2 Å². The summed E-state index contributed by atoms with van der Waals surface area (Å²) in [5.74, 6) is 0.125. The van der Waals surface area contributed by atoms with Gasteiger partial charge in [-0.3, -0.25) is 0 Å². The highest BCUT2D eigenvalue weighted by molar-refractivity contribution is 7.15. The molecule has 0 atom stereocenters. The van der Waals surface area contributed by atoms with E-state index in [4.69, 9.17) is 5.26 Å². The maximum Gasteiger partial charge on any atom is 0.387 e. The zero-order valence-electron chi connectivity index (χ0n) is 14.8. The number of aromatic nitrogens is 1. The maximum atomic E-state index is 12.3. The van der Waals surface area contributed by atoms with Crippen molar-refractivity contribution in [2.75, 3.05) is 4.90 Å². The number of thiazole rings is 1. The summed E-state index contributed by atoms with van der Waals surface area (Å²) in [5, 5.41) is 9.84. The van der Waals surface area contributed by atoms with Gasteiger partial charge in [0.15, 0.2) is 5.13 Å². The molecule has 138 valence electrons. The van der Waals surface area contributed by atoms with Gasteiger partial charge in [0.1, 0.15) is 5.75 Å². The number of nitrogens with zero attached hydrogens (tertiary/aromatic N) is 3. The van der Waals surface area contributed by atoms with Crippen LogP contribution in [0.1, 0.15) is 21.7 Å². The SMILES string of the molecule is Cc1nc(N(Cc2ccc(OC(F)F)cc2)c2ccc(C#N)cc2)sc1C. The van der Waals surface area contributed by atoms with E-state index in [0.29, 0.717) is 12.1 Å². The molecule has 0 saturated heterocycles. The third kappa shape index (κ3) is 4.60. The second-order valence-electron chi connectivity index (χ2n) is 5.91. The summed E-state index contributed by atoms with van der Waals surface area (Å²) in [4.78, 5) is 7.80. The van der Waals surface area contributed by atoms with Gasteiger partial charge in [-0.1, -0.05) is 12.1 Å². The molecule has 3 rings (SSSR count). The van der Waals surface area contributed by atoms with Crippen molar-refractivity contribution in [1.82, 2.24) is 4.98 Å². The van der Waals surface area contributed by atoms with Gasteiger partial charge in [0.25, 0.3) is 0 Å². The lowest BCUT2D eigenvalue weighted by Crippen LogP contribution is -2.16. The van der Waals surface area contributed by atoms with Crippen LogP contribution >= 0.6 is 11.3 Å². The quantitative estimate of drug-likeness (QED) is 0.556. The Morgan fingerprint density at radius 3 is 2.30 bits per heavy atom. The summed E-state index contributed by atoms with van der Waals surface area (Å²) in [6.45, 7) is 1.65. The van der Waals surface area contributed by atoms with Crippen molar-refractivity contribution in [1.29, 1.82) is 5.26 Å². The third-order valence-electron chi connectivity index (χ3n) is 4.05. The third-order valence-corrected chi connectivity index (χ3v) is 5.14. The number of aryl methyl sites for hydroxylation is 2. The van der Waals surface area contributed by atoms with E-state index in [2.05, 4.69) is 15.8 Å². The van der Waals surface area contributed by atoms with Crippen molar-refractivity contribution in [3.63, 3.8) is 0 Å². The molecule has 0 aliphatic carbocycles. The van der Waals surface area contributed by atoms with Crippen molar-refractivity contribution in [2.24, 2.45) is 0 Å². The van der Waals surface area contributed by atoms with E-state index in [-0.39, 0.29) is 5.75 Å². The molecular formula is C20H17F2N3OS. The normalized spacial score (nSPS) is 10.7. The summed E-state index contributed by atoms with van der Waals surface area (Å²) in [6, 6.07) is 15.9. The van der Waals surface area contributed by atoms with Crippen molar-refractivity contribution < 1.29 is 13.5 Å². The van der Waals surface area contributed by atoms with Crippen LogP contribution < -0.4 is 9.64 Å². The molecule has 2 aromatic carbocycles. The lowest BCUT2D eigenvalue weighted by molar-refractivity contribution is -0.0498. The van der Waals surface area contributed by atoms with Gasteiger partial charge in [-0.15, -0.1) is 11.3 Å². The molecular weight excluding hydrogens is 368 g/mol. The van der Waals surface area contributed by atoms with E-state index >= 15 is 0 Å². The minimum Gasteiger partial charge on any atom is -0.435 e. The molecule has 0 radical (unpaired) electrons. The van der Waals surface area contributed by atoms with Gasteiger partial charge in [0.05, 0.1) is 23.9 Å². The monoisotopic (exact) mass is 385 g/mol. The van der Waals surface area contributed by atoms with Gasteiger partial charge in [0, 0.05) is 10.6 Å². The molecule has 1 aromatic heterocycles. The van der Waals surface area contributed by atoms with Gasteiger partial charge in [0.2, 0.25) is 0 Å². The first-order valence-electron chi connectivity index (χ1n) is 8.22. The molecule has 0 amide bonds. The Balaban J connectivity index is 1.90. The summed E-state index contributed by atoms with van der Waals surface area (Å²) >= 11 is 1.58. The van der Waals surface area contributed by atoms with E-state index in [1.807, 2.05) is 30.9 Å². The molecule has 0 bridgehead atoms. The van der Waals surface area contributed by atoms with E-state index in [1.54, 1.807) is 35.6 Å². The summed E-state index contributed by atoms with van der Waals surface area (Å²) < 4.78 is 29.0. The van der Waals surface area contributed by atoms with Crippen molar-refractivity contribution in [3.8, 4) is 11.8 Å². The summed E-state index contributed by atoms with van der Waals surface area (Å²) in [5.41, 5.74) is 3.37. The zero-order chi connectivity index (χ0) is 19.4. The summed E-state index contributed by atoms with van der Waals surface area (Å²) in [6.07, 6.45) is 0. The fourth-order valence-corrected chi connectivity index (χ4v) is 3.45. The highest BCUT2D eigenvalue weighted by Gasteiger charge is 2.16. The Kier molecular flexibility index (Phi) is 5.67. The average molecular weight is 385 g/mol. The number of hydrogen-bond donors (Lipinski definition) is 0. The standard InChI is InChI=1S/C20H17F2N3OS/c1-13-14(2)27-20(24-13)25(17-7-3-15(11-23)4-8-17)12-16-5-9-18(10-6-16)26-19(21)22/h3-10,19H,12H2,1-2H3. The summed E-state index contributed by atoms with van der Waals surface area (Å²) in [7, 11) is 0. The van der Waals surface area contributed by atoms with Crippen LogP contribution in [0.5, 0.6) is 5.75 Å². The Morgan fingerprint density at radius 1 is 1.11 bits per heavy atom. The van der Waals surface area contributed by atoms with Gasteiger partial charge in [-0.25, -0.2) is 4.98 Å². The van der Waals surface area contributed by atoms with Crippen LogP contribution in [-0.4, -0.2) is 11.6 Å². The first kappa shape index (κ1) is 18.8. The lowest BCUT2D eigenvalue weighted by Gasteiger charge is -2.22. The predicted molar refractivity (Wildman–Crippen MR) is 102 cm³/mol. The minimum absolute atomic E-state index is 0.125. The Morgan fingerprint density at radius 2 is 1.78 bits per heavy atom. The Labute approximate surface area is 160 Å². The molecule has 0 saturated carbocycles. The Hall–Kier alpha value is -2.98. The highest BCUT2D eigenvalue weighted by atomic mass is 32.1. The van der Waals surface area contributed by atoms with Crippen LogP contribution in [0.15, 0.2) is 48.5 Å². The van der Waals surface area contributed by atoms with Crippen molar-refractivity contribution in [2.45, 2.75) is 27.0 Å². The number of alkyl halides is 2. The number of anilines is 2. The number of hydrogen-bond acceptors (Lipinski definition) is 5. The number of rotatable bonds is 6. The van der Waals surface area contributed by atoms with Crippen LogP contribution in [0.2, 0.25) is 0 Å². The molecule has 0 aliphatic rings. The van der Waals surface area contributed by atoms with Crippen LogP contribution in [-0.2, 0) is 6.54 Å². The molecule has 27 heavy (non-hydrogen) atoms. The molecule has 0 fully saturated rings. The molecule has 4 nitrogen and oxygen atoms in total. The van der Waals surface area contributed by atoms with Crippen molar-refractivity contribution >= 4 is 22.2 Å². The maximum absolute atomic E-state index is 12.3. The first-order valence-corrected chi connectivity index (χ1v) is 9.03. The van der Waals surface area contributed by atoms with Gasteiger partial charge < -0.3 is 9.64 Å². The van der Waals surface area contributed by atoms with Gasteiger partial charge in [-0.2, -0.15) is 14.0 Å². The van der Waals surface area contributed by atoms with Gasteiger partial charge in [-0.05, 0) is 55.8 Å². The fourth-order valence-electron chi connectivity index (χ4n) is 2.52. The predicted octanol–water partition coefficient (Wildman–Crippen LogP) is 5.57. The fraction of sp³-hybridized carbons (Fsp3) is 0.200. The van der Waals surface area contributed by atoms with E-state index in [0.717, 1.165) is 27.0 Å². The number of ether oxygens (including phenoxy) is 1. The molecule has 0 unspecified atom stereocenters. The van der Waals surface area contributed by atoms with Crippen LogP contribution in [0.4, 0.5) is 19.6 Å². The molecule has 7 heteroatoms. The highest BCUT2D eigenvalue weighted by Crippen LogP contribution is 2.33. The van der Waals surface area contributed by atoms with E-state index in [1.165, 1.54) is 12.1 Å². The van der Waals surface area contributed by atoms with Gasteiger partial charge >= 0.3 is 6.61 Å². The molecule has 1 heterocycles. The molecule has 0 N–H and O–H groups in total. The van der Waals surface area contributed by atoms with Crippen LogP contribution in [0, 0.1) is 25.2 Å². The van der Waals surface area contributed by atoms with Crippen LogP contribution in [0.3, 0.4) is 0 Å². The largest absolute Gasteiger partial charge is 0.435 e. The van der Waals surface area contributed by atoms with E-state index in [9.17, 15) is 8.78 Å². The zero-order valence-corrected chi connectivity index (χ0v) is 15.6. The molecule has 0 aliphatic heterocycles. The first-order chi connectivity index (χ1) is 13.0. The second-order valence-corrected chi connectivity index (χ2v) is 7.09. The number of halogens is 2. The van der Waals surface area contributed by atoms with E-state index < -0.39 is 6.61 Å². The average Bonchev–Trinajstić information content (AvgIpc) is 2.99.